The summed E-state index contributed by atoms with van der Waals surface area (Å²) in [5.41, 5.74) is 0.526. The number of rotatable bonds is 7. The lowest BCUT2D eigenvalue weighted by Crippen LogP contribution is -2.04. The summed E-state index contributed by atoms with van der Waals surface area (Å²) in [4.78, 5) is 11.9. The van der Waals surface area contributed by atoms with E-state index in [1.165, 1.54) is 24.3 Å². The van der Waals surface area contributed by atoms with Crippen molar-refractivity contribution in [2.45, 2.75) is 12.8 Å². The van der Waals surface area contributed by atoms with Crippen LogP contribution >= 0.6 is 0 Å². The highest BCUT2D eigenvalue weighted by molar-refractivity contribution is 5.95. The number of halogens is 1. The van der Waals surface area contributed by atoms with E-state index in [1.807, 2.05) is 18.2 Å². The molecular weight excluding hydrogens is 271 g/mol. The minimum Gasteiger partial charge on any atom is -0.497 e. The summed E-state index contributed by atoms with van der Waals surface area (Å²) >= 11 is 0. The lowest BCUT2D eigenvalue weighted by molar-refractivity contribution is 0.0973. The predicted molar refractivity (Wildman–Crippen MR) is 78.5 cm³/mol. The molecule has 0 radical (unpaired) electrons. The van der Waals surface area contributed by atoms with Gasteiger partial charge in [-0.3, -0.25) is 4.79 Å². The first-order valence-corrected chi connectivity index (χ1v) is 6.74. The van der Waals surface area contributed by atoms with Gasteiger partial charge in [0.25, 0.3) is 0 Å². The smallest absolute Gasteiger partial charge is 0.163 e. The second-order valence-corrected chi connectivity index (χ2v) is 4.56. The third kappa shape index (κ3) is 4.60. The van der Waals surface area contributed by atoms with E-state index >= 15 is 0 Å². The third-order valence-electron chi connectivity index (χ3n) is 3.02. The number of hydrogen-bond acceptors (Lipinski definition) is 3. The monoisotopic (exact) mass is 288 g/mol. The van der Waals surface area contributed by atoms with E-state index < -0.39 is 0 Å². The lowest BCUT2D eigenvalue weighted by Gasteiger charge is -2.07. The fourth-order valence-electron chi connectivity index (χ4n) is 1.89. The Morgan fingerprint density at radius 3 is 2.52 bits per heavy atom. The molecule has 0 aliphatic carbocycles. The van der Waals surface area contributed by atoms with Crippen molar-refractivity contribution in [2.75, 3.05) is 13.7 Å². The summed E-state index contributed by atoms with van der Waals surface area (Å²) in [5, 5.41) is 0. The first-order chi connectivity index (χ1) is 10.2. The molecule has 2 aromatic rings. The molecule has 0 atom stereocenters. The average Bonchev–Trinajstić information content (AvgIpc) is 2.52. The second-order valence-electron chi connectivity index (χ2n) is 4.56. The van der Waals surface area contributed by atoms with Crippen LogP contribution in [-0.2, 0) is 0 Å². The van der Waals surface area contributed by atoms with Crippen molar-refractivity contribution in [3.05, 3.63) is 59.9 Å². The Bertz CT molecular complexity index is 593. The number of carbonyl (C=O) groups is 1. The van der Waals surface area contributed by atoms with E-state index in [0.717, 1.165) is 5.75 Å². The van der Waals surface area contributed by atoms with Gasteiger partial charge in [-0.2, -0.15) is 0 Å². The third-order valence-corrected chi connectivity index (χ3v) is 3.02. The van der Waals surface area contributed by atoms with Gasteiger partial charge in [-0.15, -0.1) is 0 Å². The zero-order valence-corrected chi connectivity index (χ0v) is 11.8. The van der Waals surface area contributed by atoms with E-state index in [2.05, 4.69) is 0 Å². The normalized spacial score (nSPS) is 10.2. The van der Waals surface area contributed by atoms with Crippen LogP contribution in [0.4, 0.5) is 4.39 Å². The molecule has 0 bridgehead atoms. The molecule has 0 amide bonds. The molecule has 3 nitrogen and oxygen atoms in total. The molecule has 0 N–H and O–H groups in total. The van der Waals surface area contributed by atoms with Crippen molar-refractivity contribution in [2.24, 2.45) is 0 Å². The molecule has 0 saturated carbocycles. The Kier molecular flexibility index (Phi) is 5.32. The zero-order valence-electron chi connectivity index (χ0n) is 11.8. The average molecular weight is 288 g/mol. The van der Waals surface area contributed by atoms with Crippen molar-refractivity contribution in [1.82, 2.24) is 0 Å². The van der Waals surface area contributed by atoms with Crippen LogP contribution in [0.1, 0.15) is 23.2 Å². The molecule has 0 aromatic heterocycles. The fourth-order valence-corrected chi connectivity index (χ4v) is 1.89. The Hall–Kier alpha value is -2.36. The van der Waals surface area contributed by atoms with Crippen LogP contribution in [0.3, 0.4) is 0 Å². The number of methoxy groups -OCH3 is 1. The lowest BCUT2D eigenvalue weighted by atomic mass is 10.1. The van der Waals surface area contributed by atoms with Crippen LogP contribution in [0.25, 0.3) is 0 Å². The molecule has 0 spiro atoms. The maximum absolute atomic E-state index is 12.8. The van der Waals surface area contributed by atoms with E-state index in [-0.39, 0.29) is 11.6 Å². The molecule has 2 rings (SSSR count). The van der Waals surface area contributed by atoms with Gasteiger partial charge in [0, 0.05) is 18.1 Å². The van der Waals surface area contributed by atoms with Crippen LogP contribution in [0.15, 0.2) is 48.5 Å². The SMILES string of the molecule is COc1cccc(OCCCC(=O)c2ccc(F)cc2)c1. The molecule has 110 valence electrons. The molecule has 0 saturated heterocycles. The number of benzene rings is 2. The number of ketones is 1. The maximum atomic E-state index is 12.8. The van der Waals surface area contributed by atoms with Gasteiger partial charge < -0.3 is 9.47 Å². The van der Waals surface area contributed by atoms with E-state index in [1.54, 1.807) is 13.2 Å². The van der Waals surface area contributed by atoms with Gasteiger partial charge in [-0.05, 0) is 42.8 Å². The quantitative estimate of drug-likeness (QED) is 0.573. The predicted octanol–water partition coefficient (Wildman–Crippen LogP) is 3.88. The largest absolute Gasteiger partial charge is 0.497 e. The summed E-state index contributed by atoms with van der Waals surface area (Å²) in [6, 6.07) is 12.9. The highest BCUT2D eigenvalue weighted by atomic mass is 19.1. The molecule has 21 heavy (non-hydrogen) atoms. The molecule has 0 aliphatic rings. The Balaban J connectivity index is 1.76. The minimum atomic E-state index is -0.340. The minimum absolute atomic E-state index is 0.00996. The van der Waals surface area contributed by atoms with Crippen molar-refractivity contribution in [1.29, 1.82) is 0 Å². The van der Waals surface area contributed by atoms with Crippen molar-refractivity contribution >= 4 is 5.78 Å². The van der Waals surface area contributed by atoms with Gasteiger partial charge in [-0.1, -0.05) is 6.07 Å². The molecule has 4 heteroatoms. The number of carbonyl (C=O) groups excluding carboxylic acids is 1. The molecule has 0 unspecified atom stereocenters. The highest BCUT2D eigenvalue weighted by Gasteiger charge is 2.06. The standard InChI is InChI=1S/C17H17FO3/c1-20-15-4-2-5-16(12-15)21-11-3-6-17(19)13-7-9-14(18)10-8-13/h2,4-5,7-10,12H,3,6,11H2,1H3. The summed E-state index contributed by atoms with van der Waals surface area (Å²) in [6.07, 6.45) is 0.975. The van der Waals surface area contributed by atoms with Gasteiger partial charge in [0.1, 0.15) is 17.3 Å². The van der Waals surface area contributed by atoms with Crippen LogP contribution in [0, 0.1) is 5.82 Å². The summed E-state index contributed by atoms with van der Waals surface area (Å²) < 4.78 is 23.4. The van der Waals surface area contributed by atoms with Crippen molar-refractivity contribution < 1.29 is 18.7 Å². The Labute approximate surface area is 123 Å². The van der Waals surface area contributed by atoms with Gasteiger partial charge in [0.2, 0.25) is 0 Å². The number of hydrogen-bond donors (Lipinski definition) is 0. The fraction of sp³-hybridized carbons (Fsp3) is 0.235. The van der Waals surface area contributed by atoms with E-state index in [4.69, 9.17) is 9.47 Å². The van der Waals surface area contributed by atoms with Crippen LogP contribution in [0.5, 0.6) is 11.5 Å². The summed E-state index contributed by atoms with van der Waals surface area (Å²) in [7, 11) is 1.60. The molecular formula is C17H17FO3. The van der Waals surface area contributed by atoms with Gasteiger partial charge in [-0.25, -0.2) is 4.39 Å². The van der Waals surface area contributed by atoms with Gasteiger partial charge >= 0.3 is 0 Å². The maximum Gasteiger partial charge on any atom is 0.163 e. The molecule has 0 fully saturated rings. The Morgan fingerprint density at radius 1 is 1.10 bits per heavy atom. The number of ether oxygens (including phenoxy) is 2. The molecule has 2 aromatic carbocycles. The second kappa shape index (κ2) is 7.43. The van der Waals surface area contributed by atoms with Crippen molar-refractivity contribution in [3.8, 4) is 11.5 Å². The summed E-state index contributed by atoms with van der Waals surface area (Å²) in [6.45, 7) is 0.445. The first-order valence-electron chi connectivity index (χ1n) is 6.74. The molecule has 0 heterocycles. The van der Waals surface area contributed by atoms with E-state index in [0.29, 0.717) is 30.8 Å². The van der Waals surface area contributed by atoms with Crippen LogP contribution in [0.2, 0.25) is 0 Å². The van der Waals surface area contributed by atoms with Crippen molar-refractivity contribution in [3.63, 3.8) is 0 Å². The van der Waals surface area contributed by atoms with Crippen LogP contribution in [-0.4, -0.2) is 19.5 Å². The van der Waals surface area contributed by atoms with Gasteiger partial charge in [0.05, 0.1) is 13.7 Å². The first kappa shape index (κ1) is 15.0. The van der Waals surface area contributed by atoms with E-state index in [9.17, 15) is 9.18 Å². The number of Topliss-reactive ketones (excluding diaryl/α,β-unsaturated/α-hetero) is 1. The zero-order chi connectivity index (χ0) is 15.1. The summed E-state index contributed by atoms with van der Waals surface area (Å²) in [5.74, 6) is 1.09. The van der Waals surface area contributed by atoms with Gasteiger partial charge in [0.15, 0.2) is 5.78 Å². The van der Waals surface area contributed by atoms with Crippen LogP contribution < -0.4 is 9.47 Å². The molecule has 0 aliphatic heterocycles. The Morgan fingerprint density at radius 2 is 1.81 bits per heavy atom. The highest BCUT2D eigenvalue weighted by Crippen LogP contribution is 2.19. The topological polar surface area (TPSA) is 35.5 Å².